The van der Waals surface area contributed by atoms with Crippen LogP contribution in [-0.2, 0) is 35.2 Å². The van der Waals surface area contributed by atoms with E-state index in [0.717, 1.165) is 5.56 Å². The van der Waals surface area contributed by atoms with Crippen molar-refractivity contribution in [3.63, 3.8) is 0 Å². The van der Waals surface area contributed by atoms with Gasteiger partial charge in [-0.15, -0.1) is 0 Å². The summed E-state index contributed by atoms with van der Waals surface area (Å²) in [6.07, 6.45) is -1.19. The molecule has 0 fully saturated rings. The molecule has 4 atom stereocenters. The highest BCUT2D eigenvalue weighted by Crippen LogP contribution is 2.03. The van der Waals surface area contributed by atoms with Crippen molar-refractivity contribution < 1.29 is 33.9 Å². The number of nitrogens with one attached hydrogen (secondary N) is 3. The van der Waals surface area contributed by atoms with E-state index in [9.17, 15) is 28.8 Å². The number of hydrogen-bond acceptors (Lipinski definition) is 8. The van der Waals surface area contributed by atoms with E-state index in [1.165, 1.54) is 0 Å². The van der Waals surface area contributed by atoms with E-state index < -0.39 is 72.5 Å². The van der Waals surface area contributed by atoms with Crippen LogP contribution in [0.3, 0.4) is 0 Å². The number of hydrogen-bond donors (Lipinski definition) is 8. The number of carboxylic acid groups (broad SMARTS) is 1. The maximum atomic E-state index is 12.6. The Labute approximate surface area is 200 Å². The van der Waals surface area contributed by atoms with Crippen LogP contribution < -0.4 is 33.2 Å². The van der Waals surface area contributed by atoms with Gasteiger partial charge in [0.2, 0.25) is 29.5 Å². The highest BCUT2D eigenvalue weighted by atomic mass is 32.1. The molecule has 0 saturated heterocycles. The van der Waals surface area contributed by atoms with Crippen LogP contribution in [0.4, 0.5) is 0 Å². The summed E-state index contributed by atoms with van der Waals surface area (Å²) in [4.78, 5) is 71.2. The second kappa shape index (κ2) is 13.8. The highest BCUT2D eigenvalue weighted by Gasteiger charge is 2.31. The molecule has 0 saturated carbocycles. The molecule has 0 aromatic heterocycles. The van der Waals surface area contributed by atoms with E-state index in [2.05, 4.69) is 23.3 Å². The third kappa shape index (κ3) is 9.87. The number of rotatable bonds is 14. The van der Waals surface area contributed by atoms with Crippen LogP contribution in [0, 0.1) is 0 Å². The van der Waals surface area contributed by atoms with E-state index in [0.29, 0.717) is 0 Å². The first-order valence-electron chi connectivity index (χ1n) is 10.1. The lowest BCUT2D eigenvalue weighted by Crippen LogP contribution is -2.58. The maximum Gasteiger partial charge on any atom is 0.326 e. The fourth-order valence-electron chi connectivity index (χ4n) is 2.79. The number of thiol groups is 1. The zero-order valence-electron chi connectivity index (χ0n) is 18.1. The molecule has 13 nitrogen and oxygen atoms in total. The van der Waals surface area contributed by atoms with Crippen molar-refractivity contribution in [3.8, 4) is 0 Å². The van der Waals surface area contributed by atoms with Gasteiger partial charge in [0.15, 0.2) is 0 Å². The number of carbonyl (C=O) groups excluding carboxylic acids is 5. The number of benzene rings is 1. The largest absolute Gasteiger partial charge is 0.480 e. The molecule has 0 aliphatic rings. The number of carbonyl (C=O) groups is 6. The van der Waals surface area contributed by atoms with Crippen molar-refractivity contribution in [3.05, 3.63) is 35.9 Å². The second-order valence-electron chi connectivity index (χ2n) is 7.34. The third-order valence-electron chi connectivity index (χ3n) is 4.51. The molecular formula is C20H28N6O7S. The first kappa shape index (κ1) is 28.4. The van der Waals surface area contributed by atoms with Crippen LogP contribution in [0.25, 0.3) is 0 Å². The lowest BCUT2D eigenvalue weighted by atomic mass is 10.1. The van der Waals surface area contributed by atoms with Gasteiger partial charge in [-0.3, -0.25) is 24.0 Å². The van der Waals surface area contributed by atoms with Crippen LogP contribution in [0.5, 0.6) is 0 Å². The van der Waals surface area contributed by atoms with Crippen molar-refractivity contribution >= 4 is 48.1 Å². The second-order valence-corrected chi connectivity index (χ2v) is 7.71. The average molecular weight is 497 g/mol. The molecular weight excluding hydrogens is 468 g/mol. The van der Waals surface area contributed by atoms with Crippen LogP contribution in [0.15, 0.2) is 30.3 Å². The average Bonchev–Trinajstić information content (AvgIpc) is 2.76. The summed E-state index contributed by atoms with van der Waals surface area (Å²) >= 11 is 4.02. The van der Waals surface area contributed by atoms with Crippen LogP contribution in [0.1, 0.15) is 18.4 Å². The number of primary amides is 2. The molecule has 0 heterocycles. The molecule has 34 heavy (non-hydrogen) atoms. The van der Waals surface area contributed by atoms with E-state index in [4.69, 9.17) is 22.3 Å². The minimum absolute atomic E-state index is 0.181. The first-order chi connectivity index (χ1) is 15.9. The Hall–Kier alpha value is -3.65. The molecule has 0 aliphatic carbocycles. The Balaban J connectivity index is 2.85. The molecule has 0 bridgehead atoms. The van der Waals surface area contributed by atoms with Crippen molar-refractivity contribution in [2.45, 2.75) is 43.4 Å². The summed E-state index contributed by atoms with van der Waals surface area (Å²) in [6.45, 7) is 0. The van der Waals surface area contributed by atoms with Crippen LogP contribution >= 0.6 is 12.6 Å². The monoisotopic (exact) mass is 496 g/mol. The fourth-order valence-corrected chi connectivity index (χ4v) is 3.05. The van der Waals surface area contributed by atoms with Gasteiger partial charge < -0.3 is 38.3 Å². The molecule has 0 radical (unpaired) electrons. The van der Waals surface area contributed by atoms with Gasteiger partial charge in [-0.25, -0.2) is 4.79 Å². The molecule has 10 N–H and O–H groups in total. The number of aliphatic carboxylic acids is 1. The van der Waals surface area contributed by atoms with Crippen molar-refractivity contribution in [1.82, 2.24) is 16.0 Å². The zero-order valence-corrected chi connectivity index (χ0v) is 19.0. The molecule has 14 heteroatoms. The molecule has 5 amide bonds. The summed E-state index contributed by atoms with van der Waals surface area (Å²) < 4.78 is 0. The van der Waals surface area contributed by atoms with Gasteiger partial charge in [-0.2, -0.15) is 12.6 Å². The Morgan fingerprint density at radius 3 is 1.76 bits per heavy atom. The van der Waals surface area contributed by atoms with Gasteiger partial charge in [0.25, 0.3) is 0 Å². The van der Waals surface area contributed by atoms with Gasteiger partial charge >= 0.3 is 5.97 Å². The minimum atomic E-state index is -1.69. The van der Waals surface area contributed by atoms with E-state index in [1.807, 2.05) is 11.4 Å². The van der Waals surface area contributed by atoms with E-state index >= 15 is 0 Å². The Bertz CT molecular complexity index is 914. The van der Waals surface area contributed by atoms with E-state index in [-0.39, 0.29) is 12.2 Å². The summed E-state index contributed by atoms with van der Waals surface area (Å²) in [5, 5.41) is 15.8. The van der Waals surface area contributed by atoms with E-state index in [1.54, 1.807) is 24.3 Å². The SMILES string of the molecule is NC(=O)CC(NC(=O)C(CC(N)=O)NC(=O)C(CS)NC(=O)C(N)Cc1ccccc1)C(=O)O. The number of nitrogens with two attached hydrogens (primary N) is 3. The minimum Gasteiger partial charge on any atom is -0.480 e. The Kier molecular flexibility index (Phi) is 11.5. The van der Waals surface area contributed by atoms with Gasteiger partial charge in [0.05, 0.1) is 18.9 Å². The Morgan fingerprint density at radius 1 is 0.794 bits per heavy atom. The topological polar surface area (TPSA) is 237 Å². The lowest BCUT2D eigenvalue weighted by Gasteiger charge is -2.23. The van der Waals surface area contributed by atoms with Crippen molar-refractivity contribution in [2.75, 3.05) is 5.75 Å². The summed E-state index contributed by atoms with van der Waals surface area (Å²) in [7, 11) is 0. The Morgan fingerprint density at radius 2 is 1.26 bits per heavy atom. The standard InChI is InChI=1S/C20H28N6O7S/c21-11(6-10-4-2-1-3-5-10)17(29)26-14(9-34)19(31)24-12(7-15(22)27)18(30)25-13(20(32)33)8-16(23)28/h1-5,11-14,34H,6-9,21H2,(H2,22,27)(H2,23,28)(H,24,31)(H,25,30)(H,26,29)(H,32,33). The maximum absolute atomic E-state index is 12.6. The lowest BCUT2D eigenvalue weighted by molar-refractivity contribution is -0.144. The normalized spacial score (nSPS) is 14.1. The number of carboxylic acids is 1. The number of amides is 5. The van der Waals surface area contributed by atoms with Crippen LogP contribution in [-0.4, -0.2) is 70.5 Å². The van der Waals surface area contributed by atoms with Gasteiger partial charge in [0.1, 0.15) is 18.1 Å². The molecule has 186 valence electrons. The van der Waals surface area contributed by atoms with Crippen molar-refractivity contribution in [1.29, 1.82) is 0 Å². The van der Waals surface area contributed by atoms with Gasteiger partial charge in [-0.05, 0) is 12.0 Å². The van der Waals surface area contributed by atoms with Gasteiger partial charge in [0, 0.05) is 5.75 Å². The van der Waals surface area contributed by atoms with Crippen LogP contribution in [0.2, 0.25) is 0 Å². The fraction of sp³-hybridized carbons (Fsp3) is 0.400. The predicted molar refractivity (Wildman–Crippen MR) is 123 cm³/mol. The quantitative estimate of drug-likeness (QED) is 0.122. The molecule has 1 rings (SSSR count). The highest BCUT2D eigenvalue weighted by molar-refractivity contribution is 7.80. The first-order valence-corrected chi connectivity index (χ1v) is 10.7. The predicted octanol–water partition coefficient (Wildman–Crippen LogP) is -3.22. The van der Waals surface area contributed by atoms with Crippen molar-refractivity contribution in [2.24, 2.45) is 17.2 Å². The third-order valence-corrected chi connectivity index (χ3v) is 4.87. The molecule has 0 spiro atoms. The zero-order chi connectivity index (χ0) is 25.8. The molecule has 1 aromatic carbocycles. The molecule has 1 aromatic rings. The smallest absolute Gasteiger partial charge is 0.326 e. The summed E-state index contributed by atoms with van der Waals surface area (Å²) in [5.41, 5.74) is 16.8. The van der Waals surface area contributed by atoms with Gasteiger partial charge in [-0.1, -0.05) is 30.3 Å². The molecule has 4 unspecified atom stereocenters. The molecule has 0 aliphatic heterocycles. The summed E-state index contributed by atoms with van der Waals surface area (Å²) in [5.74, 6) is -6.33. The summed E-state index contributed by atoms with van der Waals surface area (Å²) in [6, 6.07) is 3.46.